The molecule has 0 radical (unpaired) electrons. The summed E-state index contributed by atoms with van der Waals surface area (Å²) in [6.45, 7) is -0.147. The lowest BCUT2D eigenvalue weighted by molar-refractivity contribution is 0.119. The highest BCUT2D eigenvalue weighted by Crippen LogP contribution is 2.37. The van der Waals surface area contributed by atoms with Crippen molar-refractivity contribution >= 4 is 11.6 Å². The first kappa shape index (κ1) is 12.0. The van der Waals surface area contributed by atoms with Gasteiger partial charge in [0.15, 0.2) is 17.3 Å². The van der Waals surface area contributed by atoms with E-state index >= 15 is 0 Å². The molecule has 0 atom stereocenters. The van der Waals surface area contributed by atoms with Crippen molar-refractivity contribution in [2.45, 2.75) is 6.61 Å². The van der Waals surface area contributed by atoms with Crippen LogP contribution in [0.2, 0.25) is 5.02 Å². The van der Waals surface area contributed by atoms with Gasteiger partial charge in [0.25, 0.3) is 0 Å². The van der Waals surface area contributed by atoms with E-state index in [2.05, 4.69) is 4.84 Å². The number of hydrogen-bond donors (Lipinski definition) is 1. The number of methoxy groups -OCH3 is 2. The summed E-state index contributed by atoms with van der Waals surface area (Å²) in [5.74, 6) is 4.82. The zero-order valence-electron chi connectivity index (χ0n) is 8.34. The second-order valence-electron chi connectivity index (χ2n) is 2.70. The van der Waals surface area contributed by atoms with Crippen molar-refractivity contribution in [1.29, 1.82) is 0 Å². The van der Waals surface area contributed by atoms with Crippen molar-refractivity contribution in [2.75, 3.05) is 14.2 Å². The number of halogens is 2. The first-order valence-electron chi connectivity index (χ1n) is 4.06. The van der Waals surface area contributed by atoms with Gasteiger partial charge in [0.2, 0.25) is 0 Å². The third-order valence-corrected chi connectivity index (χ3v) is 2.16. The van der Waals surface area contributed by atoms with Crippen molar-refractivity contribution in [1.82, 2.24) is 0 Å². The topological polar surface area (TPSA) is 53.7 Å². The predicted molar refractivity (Wildman–Crippen MR) is 53.5 cm³/mol. The van der Waals surface area contributed by atoms with Gasteiger partial charge in [-0.2, -0.15) is 0 Å². The molecule has 0 aliphatic heterocycles. The molecule has 0 spiro atoms. The van der Waals surface area contributed by atoms with Crippen LogP contribution >= 0.6 is 11.6 Å². The summed E-state index contributed by atoms with van der Waals surface area (Å²) in [6, 6.07) is 1.33. The lowest BCUT2D eigenvalue weighted by atomic mass is 10.2. The van der Waals surface area contributed by atoms with Crippen LogP contribution < -0.4 is 15.4 Å². The van der Waals surface area contributed by atoms with Crippen LogP contribution in [0.15, 0.2) is 6.07 Å². The Bertz CT molecular complexity index is 360. The van der Waals surface area contributed by atoms with Crippen LogP contribution in [0.5, 0.6) is 11.5 Å². The van der Waals surface area contributed by atoms with Gasteiger partial charge < -0.3 is 9.47 Å². The minimum atomic E-state index is -0.625. The van der Waals surface area contributed by atoms with E-state index in [4.69, 9.17) is 27.0 Å². The number of rotatable bonds is 4. The van der Waals surface area contributed by atoms with E-state index in [0.717, 1.165) is 0 Å². The molecule has 6 heteroatoms. The average Bonchev–Trinajstić information content (AvgIpc) is 2.24. The Morgan fingerprint density at radius 3 is 2.53 bits per heavy atom. The average molecular weight is 236 g/mol. The fourth-order valence-corrected chi connectivity index (χ4v) is 1.44. The molecule has 1 rings (SSSR count). The van der Waals surface area contributed by atoms with E-state index in [1.165, 1.54) is 20.3 Å². The summed E-state index contributed by atoms with van der Waals surface area (Å²) in [4.78, 5) is 4.37. The van der Waals surface area contributed by atoms with Gasteiger partial charge in [-0.05, 0) is 0 Å². The van der Waals surface area contributed by atoms with Crippen LogP contribution in [0.4, 0.5) is 4.39 Å². The van der Waals surface area contributed by atoms with Gasteiger partial charge in [-0.25, -0.2) is 10.3 Å². The fraction of sp³-hybridized carbons (Fsp3) is 0.333. The maximum Gasteiger partial charge on any atom is 0.169 e. The molecule has 4 nitrogen and oxygen atoms in total. The Kier molecular flexibility index (Phi) is 4.14. The lowest BCUT2D eigenvalue weighted by Gasteiger charge is -2.13. The van der Waals surface area contributed by atoms with Crippen molar-refractivity contribution in [2.24, 2.45) is 5.90 Å². The highest BCUT2D eigenvalue weighted by molar-refractivity contribution is 6.31. The summed E-state index contributed by atoms with van der Waals surface area (Å²) < 4.78 is 23.5. The van der Waals surface area contributed by atoms with Crippen molar-refractivity contribution in [3.05, 3.63) is 22.5 Å². The SMILES string of the molecule is COc1cc(Cl)c(F)c(CON)c1OC. The van der Waals surface area contributed by atoms with E-state index in [-0.39, 0.29) is 22.9 Å². The minimum Gasteiger partial charge on any atom is -0.493 e. The molecule has 0 unspecified atom stereocenters. The number of ether oxygens (including phenoxy) is 2. The number of hydrogen-bond acceptors (Lipinski definition) is 4. The van der Waals surface area contributed by atoms with E-state index in [1.807, 2.05) is 0 Å². The van der Waals surface area contributed by atoms with E-state index in [0.29, 0.717) is 5.75 Å². The molecule has 0 heterocycles. The molecule has 0 aliphatic rings. The van der Waals surface area contributed by atoms with Gasteiger partial charge in [0, 0.05) is 6.07 Å². The van der Waals surface area contributed by atoms with Crippen LogP contribution in [0.3, 0.4) is 0 Å². The normalized spacial score (nSPS) is 10.2. The second kappa shape index (κ2) is 5.16. The Morgan fingerprint density at radius 1 is 1.40 bits per heavy atom. The molecule has 1 aromatic carbocycles. The molecule has 0 fully saturated rings. The van der Waals surface area contributed by atoms with Crippen LogP contribution in [0.1, 0.15) is 5.56 Å². The first-order valence-corrected chi connectivity index (χ1v) is 4.44. The Hall–Kier alpha value is -1.04. The van der Waals surface area contributed by atoms with Crippen molar-refractivity contribution in [3.8, 4) is 11.5 Å². The quantitative estimate of drug-likeness (QED) is 0.810. The van der Waals surface area contributed by atoms with Gasteiger partial charge in [-0.15, -0.1) is 0 Å². The van der Waals surface area contributed by atoms with E-state index in [1.54, 1.807) is 0 Å². The van der Waals surface area contributed by atoms with E-state index < -0.39 is 5.82 Å². The summed E-state index contributed by atoms with van der Waals surface area (Å²) >= 11 is 5.66. The smallest absolute Gasteiger partial charge is 0.169 e. The monoisotopic (exact) mass is 235 g/mol. The molecule has 0 amide bonds. The summed E-state index contributed by atoms with van der Waals surface area (Å²) in [7, 11) is 2.82. The second-order valence-corrected chi connectivity index (χ2v) is 3.10. The molecule has 0 saturated carbocycles. The highest BCUT2D eigenvalue weighted by atomic mass is 35.5. The molecule has 0 aromatic heterocycles. The standard InChI is InChI=1S/C9H11ClFNO3/c1-13-7-3-6(10)8(11)5(4-15-12)9(7)14-2/h3H,4,12H2,1-2H3. The molecule has 84 valence electrons. The first-order chi connectivity index (χ1) is 7.15. The minimum absolute atomic E-state index is 0.0697. The van der Waals surface area contributed by atoms with Gasteiger partial charge in [0.1, 0.15) is 0 Å². The molecule has 1 aromatic rings. The molecular formula is C9H11ClFNO3. The largest absolute Gasteiger partial charge is 0.493 e. The van der Waals surface area contributed by atoms with Crippen LogP contribution in [0.25, 0.3) is 0 Å². The maximum absolute atomic E-state index is 13.5. The zero-order chi connectivity index (χ0) is 11.4. The number of benzene rings is 1. The van der Waals surface area contributed by atoms with Gasteiger partial charge in [0.05, 0.1) is 31.4 Å². The van der Waals surface area contributed by atoms with Gasteiger partial charge in [-0.3, -0.25) is 4.84 Å². The predicted octanol–water partition coefficient (Wildman–Crippen LogP) is 1.89. The summed E-state index contributed by atoms with van der Waals surface area (Å²) in [5, 5.41) is -0.0697. The number of nitrogens with two attached hydrogens (primary N) is 1. The molecule has 2 N–H and O–H groups in total. The Labute approximate surface area is 91.6 Å². The van der Waals surface area contributed by atoms with Crippen molar-refractivity contribution < 1.29 is 18.7 Å². The zero-order valence-corrected chi connectivity index (χ0v) is 9.10. The summed E-state index contributed by atoms with van der Waals surface area (Å²) in [6.07, 6.45) is 0. The molecule has 15 heavy (non-hydrogen) atoms. The molecule has 0 bridgehead atoms. The fourth-order valence-electron chi connectivity index (χ4n) is 1.22. The van der Waals surface area contributed by atoms with Crippen LogP contribution in [-0.4, -0.2) is 14.2 Å². The van der Waals surface area contributed by atoms with Gasteiger partial charge in [-0.1, -0.05) is 11.6 Å². The molecular weight excluding hydrogens is 225 g/mol. The molecule has 0 aliphatic carbocycles. The maximum atomic E-state index is 13.5. The van der Waals surface area contributed by atoms with E-state index in [9.17, 15) is 4.39 Å². The summed E-state index contributed by atoms with van der Waals surface area (Å²) in [5.41, 5.74) is 0.129. The Morgan fingerprint density at radius 2 is 2.07 bits per heavy atom. The Balaban J connectivity index is 3.35. The lowest BCUT2D eigenvalue weighted by Crippen LogP contribution is -2.05. The van der Waals surface area contributed by atoms with Gasteiger partial charge >= 0.3 is 0 Å². The third-order valence-electron chi connectivity index (χ3n) is 1.88. The highest BCUT2D eigenvalue weighted by Gasteiger charge is 2.18. The van der Waals surface area contributed by atoms with Crippen molar-refractivity contribution in [3.63, 3.8) is 0 Å². The molecule has 0 saturated heterocycles. The van der Waals surface area contributed by atoms with Crippen LogP contribution in [0, 0.1) is 5.82 Å². The third kappa shape index (κ3) is 2.31. The van der Waals surface area contributed by atoms with Crippen LogP contribution in [-0.2, 0) is 11.4 Å².